The lowest BCUT2D eigenvalue weighted by Gasteiger charge is -2.17. The van der Waals surface area contributed by atoms with Gasteiger partial charge >= 0.3 is 5.97 Å². The molecule has 3 rings (SSSR count). The van der Waals surface area contributed by atoms with E-state index in [-0.39, 0.29) is 24.5 Å². The number of halogens is 1. The number of carboxylic acids is 1. The third kappa shape index (κ3) is 6.05. The summed E-state index contributed by atoms with van der Waals surface area (Å²) in [6.07, 6.45) is 0.194. The molecule has 1 amide bonds. The van der Waals surface area contributed by atoms with E-state index in [1.54, 1.807) is 24.3 Å². The summed E-state index contributed by atoms with van der Waals surface area (Å²) in [7, 11) is 0. The second-order valence-corrected chi connectivity index (χ2v) is 8.73. The van der Waals surface area contributed by atoms with Gasteiger partial charge in [0.15, 0.2) is 5.78 Å². The fourth-order valence-corrected chi connectivity index (χ4v) is 3.29. The van der Waals surface area contributed by atoms with Gasteiger partial charge in [0.05, 0.1) is 11.8 Å². The molecule has 0 heterocycles. The van der Waals surface area contributed by atoms with Crippen LogP contribution in [-0.4, -0.2) is 22.8 Å². The zero-order chi connectivity index (χ0) is 23.3. The first-order valence-electron chi connectivity index (χ1n) is 10.2. The van der Waals surface area contributed by atoms with Gasteiger partial charge in [0.2, 0.25) is 5.91 Å². The van der Waals surface area contributed by atoms with Crippen LogP contribution >= 0.6 is 11.6 Å². The van der Waals surface area contributed by atoms with Gasteiger partial charge in [-0.2, -0.15) is 0 Å². The normalized spacial score (nSPS) is 11.1. The highest BCUT2D eigenvalue weighted by Crippen LogP contribution is 2.26. The van der Waals surface area contributed by atoms with Crippen molar-refractivity contribution >= 4 is 34.9 Å². The molecule has 0 aliphatic heterocycles. The second-order valence-electron chi connectivity index (χ2n) is 8.30. The predicted octanol–water partition coefficient (Wildman–Crippen LogP) is 5.87. The Morgan fingerprint density at radius 3 is 1.91 bits per heavy atom. The largest absolute Gasteiger partial charge is 0.481 e. The molecule has 0 spiro atoms. The Hall–Kier alpha value is -3.44. The van der Waals surface area contributed by atoms with Crippen LogP contribution in [0.3, 0.4) is 0 Å². The first-order valence-corrected chi connectivity index (χ1v) is 10.5. The maximum Gasteiger partial charge on any atom is 0.309 e. The molecule has 0 aliphatic carbocycles. The van der Waals surface area contributed by atoms with Gasteiger partial charge in [0.25, 0.3) is 0 Å². The molecule has 0 saturated carbocycles. The number of carbonyl (C=O) groups excluding carboxylic acids is 2. The SMILES string of the molecule is CC(C)(CC(=O)c1ccc(-c2ccc(NC(=O)Cc3ccc(Cl)cc3)cc2)cc1)C(=O)O. The second kappa shape index (κ2) is 9.79. The summed E-state index contributed by atoms with van der Waals surface area (Å²) in [5.41, 5.74) is 2.79. The van der Waals surface area contributed by atoms with Crippen LogP contribution in [0, 0.1) is 5.41 Å². The van der Waals surface area contributed by atoms with E-state index in [0.717, 1.165) is 16.7 Å². The van der Waals surface area contributed by atoms with Gasteiger partial charge in [0, 0.05) is 22.7 Å². The highest BCUT2D eigenvalue weighted by molar-refractivity contribution is 6.30. The van der Waals surface area contributed by atoms with Crippen molar-refractivity contribution in [1.29, 1.82) is 0 Å². The van der Waals surface area contributed by atoms with Crippen LogP contribution in [0.5, 0.6) is 0 Å². The molecule has 2 N–H and O–H groups in total. The molecule has 0 unspecified atom stereocenters. The fourth-order valence-electron chi connectivity index (χ4n) is 3.17. The maximum absolute atomic E-state index is 12.4. The molecule has 32 heavy (non-hydrogen) atoms. The summed E-state index contributed by atoms with van der Waals surface area (Å²) in [5.74, 6) is -1.32. The zero-order valence-corrected chi connectivity index (χ0v) is 18.6. The van der Waals surface area contributed by atoms with E-state index in [1.165, 1.54) is 13.8 Å². The lowest BCUT2D eigenvalue weighted by Crippen LogP contribution is -2.26. The van der Waals surface area contributed by atoms with Crippen LogP contribution in [0.4, 0.5) is 5.69 Å². The van der Waals surface area contributed by atoms with Gasteiger partial charge in [-0.15, -0.1) is 0 Å². The molecular formula is C26H24ClNO4. The highest BCUT2D eigenvalue weighted by atomic mass is 35.5. The smallest absolute Gasteiger partial charge is 0.309 e. The molecule has 0 saturated heterocycles. The molecule has 0 fully saturated rings. The quantitative estimate of drug-likeness (QED) is 0.421. The van der Waals surface area contributed by atoms with Crippen LogP contribution in [-0.2, 0) is 16.0 Å². The Morgan fingerprint density at radius 2 is 1.38 bits per heavy atom. The first kappa shape index (κ1) is 23.2. The number of hydrogen-bond acceptors (Lipinski definition) is 3. The van der Waals surface area contributed by atoms with Gasteiger partial charge in [0.1, 0.15) is 0 Å². The van der Waals surface area contributed by atoms with Gasteiger partial charge in [-0.3, -0.25) is 14.4 Å². The Bertz CT molecular complexity index is 1120. The fraction of sp³-hybridized carbons (Fsp3) is 0.192. The van der Waals surface area contributed by atoms with Crippen molar-refractivity contribution in [2.45, 2.75) is 26.7 Å². The van der Waals surface area contributed by atoms with E-state index >= 15 is 0 Å². The number of ketones is 1. The number of aliphatic carboxylic acids is 1. The van der Waals surface area contributed by atoms with Crippen molar-refractivity contribution < 1.29 is 19.5 Å². The van der Waals surface area contributed by atoms with Gasteiger partial charge in [-0.25, -0.2) is 0 Å². The van der Waals surface area contributed by atoms with E-state index in [0.29, 0.717) is 16.3 Å². The number of rotatable bonds is 8. The van der Waals surface area contributed by atoms with Crippen LogP contribution in [0.25, 0.3) is 11.1 Å². The molecule has 3 aromatic carbocycles. The topological polar surface area (TPSA) is 83.5 Å². The van der Waals surface area contributed by atoms with E-state index < -0.39 is 11.4 Å². The van der Waals surface area contributed by atoms with Crippen LogP contribution in [0.1, 0.15) is 36.2 Å². The highest BCUT2D eigenvalue weighted by Gasteiger charge is 2.30. The van der Waals surface area contributed by atoms with Crippen molar-refractivity contribution in [3.05, 3.63) is 88.9 Å². The summed E-state index contributed by atoms with van der Waals surface area (Å²) in [5, 5.41) is 12.7. The van der Waals surface area contributed by atoms with E-state index in [4.69, 9.17) is 11.6 Å². The molecule has 0 bridgehead atoms. The summed E-state index contributed by atoms with van der Waals surface area (Å²) in [6.45, 7) is 3.08. The number of amides is 1. The Kier molecular flexibility index (Phi) is 7.11. The lowest BCUT2D eigenvalue weighted by atomic mass is 9.85. The molecule has 3 aromatic rings. The van der Waals surface area contributed by atoms with E-state index in [9.17, 15) is 19.5 Å². The molecule has 0 radical (unpaired) electrons. The number of anilines is 1. The van der Waals surface area contributed by atoms with Crippen molar-refractivity contribution in [1.82, 2.24) is 0 Å². The number of nitrogens with one attached hydrogen (secondary N) is 1. The van der Waals surface area contributed by atoms with Crippen molar-refractivity contribution in [2.75, 3.05) is 5.32 Å². The minimum Gasteiger partial charge on any atom is -0.481 e. The van der Waals surface area contributed by atoms with Crippen LogP contribution < -0.4 is 5.32 Å². The van der Waals surface area contributed by atoms with Crippen LogP contribution in [0.2, 0.25) is 5.02 Å². The molecule has 164 valence electrons. The number of carbonyl (C=O) groups is 3. The summed E-state index contributed by atoms with van der Waals surface area (Å²) >= 11 is 5.87. The number of carboxylic acid groups (broad SMARTS) is 1. The Labute approximate surface area is 192 Å². The lowest BCUT2D eigenvalue weighted by molar-refractivity contribution is -0.146. The third-order valence-electron chi connectivity index (χ3n) is 5.17. The minimum absolute atomic E-state index is 0.0634. The average molecular weight is 450 g/mol. The van der Waals surface area contributed by atoms with Crippen molar-refractivity contribution in [3.8, 4) is 11.1 Å². The van der Waals surface area contributed by atoms with Gasteiger partial charge in [-0.05, 0) is 54.8 Å². The molecule has 5 nitrogen and oxygen atoms in total. The van der Waals surface area contributed by atoms with E-state index in [2.05, 4.69) is 5.32 Å². The summed E-state index contributed by atoms with van der Waals surface area (Å²) in [6, 6.07) is 21.6. The standard InChI is InChI=1S/C26H24ClNO4/c1-26(2,25(31)32)16-23(29)20-7-5-18(6-8-20)19-9-13-22(14-10-19)28-24(30)15-17-3-11-21(27)12-4-17/h3-14H,15-16H2,1-2H3,(H,28,30)(H,31,32). The minimum atomic E-state index is -1.11. The van der Waals surface area contributed by atoms with Crippen LogP contribution in [0.15, 0.2) is 72.8 Å². The predicted molar refractivity (Wildman–Crippen MR) is 126 cm³/mol. The van der Waals surface area contributed by atoms with E-state index in [1.807, 2.05) is 48.5 Å². The van der Waals surface area contributed by atoms with Gasteiger partial charge < -0.3 is 10.4 Å². The monoisotopic (exact) mass is 449 g/mol. The molecule has 0 aliphatic rings. The van der Waals surface area contributed by atoms with Crippen molar-refractivity contribution in [2.24, 2.45) is 5.41 Å². The number of benzene rings is 3. The van der Waals surface area contributed by atoms with Gasteiger partial charge in [-0.1, -0.05) is 60.1 Å². The maximum atomic E-state index is 12.4. The number of Topliss-reactive ketones (excluding diaryl/α,β-unsaturated/α-hetero) is 1. The molecular weight excluding hydrogens is 426 g/mol. The van der Waals surface area contributed by atoms with Crippen molar-refractivity contribution in [3.63, 3.8) is 0 Å². The number of hydrogen-bond donors (Lipinski definition) is 2. The Morgan fingerprint density at radius 1 is 0.844 bits per heavy atom. The zero-order valence-electron chi connectivity index (χ0n) is 17.9. The molecule has 0 atom stereocenters. The molecule has 6 heteroatoms. The summed E-state index contributed by atoms with van der Waals surface area (Å²) < 4.78 is 0. The summed E-state index contributed by atoms with van der Waals surface area (Å²) in [4.78, 5) is 35.9. The third-order valence-corrected chi connectivity index (χ3v) is 5.42. The first-order chi connectivity index (χ1) is 15.1. The Balaban J connectivity index is 1.62. The average Bonchev–Trinajstić information content (AvgIpc) is 2.75. The molecule has 0 aromatic heterocycles.